The van der Waals surface area contributed by atoms with E-state index in [9.17, 15) is 13.2 Å². The third kappa shape index (κ3) is 4.33. The van der Waals surface area contributed by atoms with Crippen molar-refractivity contribution in [2.45, 2.75) is 31.7 Å². The first-order chi connectivity index (χ1) is 11.2. The zero-order valence-corrected chi connectivity index (χ0v) is 14.6. The van der Waals surface area contributed by atoms with Crippen molar-refractivity contribution in [3.05, 3.63) is 53.6 Å². The van der Waals surface area contributed by atoms with E-state index in [1.54, 1.807) is 13.0 Å². The highest BCUT2D eigenvalue weighted by molar-refractivity contribution is 7.89. The number of rotatable bonds is 5. The summed E-state index contributed by atoms with van der Waals surface area (Å²) in [6.07, 6.45) is 0. The molecule has 1 atom stereocenters. The Kier molecular flexibility index (Phi) is 5.26. The van der Waals surface area contributed by atoms with Gasteiger partial charge in [-0.25, -0.2) is 13.6 Å². The van der Waals surface area contributed by atoms with Crippen LogP contribution in [0.5, 0.6) is 0 Å². The third-order valence-corrected chi connectivity index (χ3v) is 4.71. The number of nitrogens with two attached hydrogens (primary N) is 1. The van der Waals surface area contributed by atoms with Gasteiger partial charge < -0.3 is 10.6 Å². The molecule has 0 heterocycles. The number of primary sulfonamides is 1. The van der Waals surface area contributed by atoms with Gasteiger partial charge in [0.2, 0.25) is 15.9 Å². The Balaban J connectivity index is 2.11. The average Bonchev–Trinajstić information content (AvgIpc) is 2.51. The van der Waals surface area contributed by atoms with Crippen molar-refractivity contribution in [2.24, 2.45) is 5.14 Å². The Bertz CT molecular complexity index is 863. The molecule has 2 rings (SSSR count). The Morgan fingerprint density at radius 2 is 1.79 bits per heavy atom. The molecule has 0 aromatic heterocycles. The first kappa shape index (κ1) is 18.0. The molecular formula is C17H21N3O3S. The van der Waals surface area contributed by atoms with E-state index >= 15 is 0 Å². The van der Waals surface area contributed by atoms with E-state index in [0.29, 0.717) is 5.69 Å². The number of sulfonamides is 1. The molecule has 0 radical (unpaired) electrons. The van der Waals surface area contributed by atoms with Crippen LogP contribution in [-0.2, 0) is 14.8 Å². The standard InChI is InChI=1S/C17H21N3O3S/c1-11-6-4-9-16(12(11)2)19-13(3)17(21)20-14-7-5-8-15(10-14)24(18,22)23/h4-10,13,19H,1-3H3,(H,20,21)(H2,18,22,23)/t13-/m1/s1. The second-order valence-corrected chi connectivity index (χ2v) is 7.24. The van der Waals surface area contributed by atoms with Crippen molar-refractivity contribution < 1.29 is 13.2 Å². The lowest BCUT2D eigenvalue weighted by Gasteiger charge is -2.18. The summed E-state index contributed by atoms with van der Waals surface area (Å²) in [5.41, 5.74) is 3.47. The summed E-state index contributed by atoms with van der Waals surface area (Å²) in [5.74, 6) is -0.275. The van der Waals surface area contributed by atoms with Gasteiger partial charge in [0.05, 0.1) is 4.90 Å². The fourth-order valence-electron chi connectivity index (χ4n) is 2.21. The lowest BCUT2D eigenvalue weighted by atomic mass is 10.1. The van der Waals surface area contributed by atoms with E-state index in [4.69, 9.17) is 5.14 Å². The molecule has 6 nitrogen and oxygen atoms in total. The van der Waals surface area contributed by atoms with Gasteiger partial charge in [0.1, 0.15) is 6.04 Å². The summed E-state index contributed by atoms with van der Waals surface area (Å²) in [6.45, 7) is 5.72. The van der Waals surface area contributed by atoms with Gasteiger partial charge in [-0.15, -0.1) is 0 Å². The molecule has 1 amide bonds. The van der Waals surface area contributed by atoms with Crippen molar-refractivity contribution in [3.8, 4) is 0 Å². The number of benzene rings is 2. The number of anilines is 2. The fourth-order valence-corrected chi connectivity index (χ4v) is 2.77. The maximum atomic E-state index is 12.3. The van der Waals surface area contributed by atoms with Crippen LogP contribution < -0.4 is 15.8 Å². The SMILES string of the molecule is Cc1cccc(N[C@H](C)C(=O)Nc2cccc(S(N)(=O)=O)c2)c1C. The molecule has 0 spiro atoms. The molecule has 0 saturated carbocycles. The normalized spacial score (nSPS) is 12.5. The number of nitrogens with one attached hydrogen (secondary N) is 2. The Hall–Kier alpha value is -2.38. The molecule has 0 aliphatic rings. The van der Waals surface area contributed by atoms with Crippen molar-refractivity contribution in [1.82, 2.24) is 0 Å². The predicted octanol–water partition coefficient (Wildman–Crippen LogP) is 2.39. The van der Waals surface area contributed by atoms with Crippen LogP contribution in [-0.4, -0.2) is 20.4 Å². The molecule has 0 aliphatic heterocycles. The lowest BCUT2D eigenvalue weighted by molar-refractivity contribution is -0.116. The first-order valence-corrected chi connectivity index (χ1v) is 8.99. The van der Waals surface area contributed by atoms with Gasteiger partial charge in [-0.1, -0.05) is 18.2 Å². The number of carbonyl (C=O) groups is 1. The molecule has 24 heavy (non-hydrogen) atoms. The number of hydrogen-bond donors (Lipinski definition) is 3. The minimum absolute atomic E-state index is 0.0459. The first-order valence-electron chi connectivity index (χ1n) is 7.45. The van der Waals surface area contributed by atoms with Crippen molar-refractivity contribution >= 4 is 27.3 Å². The summed E-state index contributed by atoms with van der Waals surface area (Å²) in [7, 11) is -3.81. The molecule has 128 valence electrons. The number of aryl methyl sites for hydroxylation is 1. The smallest absolute Gasteiger partial charge is 0.246 e. The summed E-state index contributed by atoms with van der Waals surface area (Å²) in [5, 5.41) is 10.9. The number of hydrogen-bond acceptors (Lipinski definition) is 4. The van der Waals surface area contributed by atoms with E-state index in [0.717, 1.165) is 16.8 Å². The van der Waals surface area contributed by atoms with E-state index in [1.165, 1.54) is 18.2 Å². The van der Waals surface area contributed by atoms with Gasteiger partial charge in [0, 0.05) is 11.4 Å². The molecule has 0 fully saturated rings. The van der Waals surface area contributed by atoms with Crippen LogP contribution in [0.15, 0.2) is 47.4 Å². The molecule has 0 saturated heterocycles. The number of carbonyl (C=O) groups excluding carboxylic acids is 1. The fraction of sp³-hybridized carbons (Fsp3) is 0.235. The molecule has 0 bridgehead atoms. The summed E-state index contributed by atoms with van der Waals surface area (Å²) in [4.78, 5) is 12.3. The highest BCUT2D eigenvalue weighted by Gasteiger charge is 2.15. The van der Waals surface area contributed by atoms with Gasteiger partial charge in [-0.05, 0) is 56.2 Å². The molecule has 2 aromatic rings. The Labute approximate surface area is 142 Å². The van der Waals surface area contributed by atoms with Crippen molar-refractivity contribution in [3.63, 3.8) is 0 Å². The zero-order chi connectivity index (χ0) is 17.9. The quantitative estimate of drug-likeness (QED) is 0.773. The summed E-state index contributed by atoms with van der Waals surface area (Å²) in [6, 6.07) is 11.2. The second-order valence-electron chi connectivity index (χ2n) is 5.68. The van der Waals surface area contributed by atoms with Crippen LogP contribution in [0.3, 0.4) is 0 Å². The molecule has 7 heteroatoms. The molecule has 4 N–H and O–H groups in total. The van der Waals surface area contributed by atoms with Crippen LogP contribution in [0.25, 0.3) is 0 Å². The van der Waals surface area contributed by atoms with Gasteiger partial charge >= 0.3 is 0 Å². The van der Waals surface area contributed by atoms with E-state index in [1.807, 2.05) is 32.0 Å². The monoisotopic (exact) mass is 347 g/mol. The highest BCUT2D eigenvalue weighted by atomic mass is 32.2. The van der Waals surface area contributed by atoms with Gasteiger partial charge in [0.15, 0.2) is 0 Å². The molecule has 2 aromatic carbocycles. The maximum Gasteiger partial charge on any atom is 0.246 e. The van der Waals surface area contributed by atoms with Gasteiger partial charge in [-0.2, -0.15) is 0 Å². The van der Waals surface area contributed by atoms with E-state index in [2.05, 4.69) is 10.6 Å². The van der Waals surface area contributed by atoms with Gasteiger partial charge in [0.25, 0.3) is 0 Å². The molecular weight excluding hydrogens is 326 g/mol. The molecule has 0 unspecified atom stereocenters. The minimum Gasteiger partial charge on any atom is -0.374 e. The second kappa shape index (κ2) is 7.02. The average molecular weight is 347 g/mol. The largest absolute Gasteiger partial charge is 0.374 e. The van der Waals surface area contributed by atoms with Crippen LogP contribution >= 0.6 is 0 Å². The highest BCUT2D eigenvalue weighted by Crippen LogP contribution is 2.19. The van der Waals surface area contributed by atoms with Crippen LogP contribution in [0.4, 0.5) is 11.4 Å². The Morgan fingerprint density at radius 1 is 1.12 bits per heavy atom. The summed E-state index contributed by atoms with van der Waals surface area (Å²) < 4.78 is 22.7. The lowest BCUT2D eigenvalue weighted by Crippen LogP contribution is -2.32. The summed E-state index contributed by atoms with van der Waals surface area (Å²) >= 11 is 0. The number of amides is 1. The zero-order valence-electron chi connectivity index (χ0n) is 13.8. The van der Waals surface area contributed by atoms with Crippen molar-refractivity contribution in [2.75, 3.05) is 10.6 Å². The van der Waals surface area contributed by atoms with Crippen molar-refractivity contribution in [1.29, 1.82) is 0 Å². The third-order valence-electron chi connectivity index (χ3n) is 3.80. The minimum atomic E-state index is -3.81. The van der Waals surface area contributed by atoms with E-state index < -0.39 is 16.1 Å². The topological polar surface area (TPSA) is 101 Å². The van der Waals surface area contributed by atoms with Crippen LogP contribution in [0.2, 0.25) is 0 Å². The van der Waals surface area contributed by atoms with Crippen LogP contribution in [0.1, 0.15) is 18.1 Å². The van der Waals surface area contributed by atoms with E-state index in [-0.39, 0.29) is 10.8 Å². The van der Waals surface area contributed by atoms with Crippen LogP contribution in [0, 0.1) is 13.8 Å². The predicted molar refractivity (Wildman–Crippen MR) is 95.4 cm³/mol. The Morgan fingerprint density at radius 3 is 2.46 bits per heavy atom. The van der Waals surface area contributed by atoms with Gasteiger partial charge in [-0.3, -0.25) is 4.79 Å². The molecule has 0 aliphatic carbocycles. The maximum absolute atomic E-state index is 12.3.